The highest BCUT2D eigenvalue weighted by Crippen LogP contribution is 2.22. The lowest BCUT2D eigenvalue weighted by Crippen LogP contribution is -2.43. The molecule has 152 valence electrons. The van der Waals surface area contributed by atoms with Crippen LogP contribution < -0.4 is 15.6 Å². The molecule has 1 aliphatic heterocycles. The van der Waals surface area contributed by atoms with Crippen molar-refractivity contribution in [1.29, 1.82) is 0 Å². The van der Waals surface area contributed by atoms with Gasteiger partial charge in [-0.25, -0.2) is 0 Å². The summed E-state index contributed by atoms with van der Waals surface area (Å²) in [6, 6.07) is 5.75. The van der Waals surface area contributed by atoms with Crippen LogP contribution in [0.5, 0.6) is 5.75 Å². The van der Waals surface area contributed by atoms with Crippen LogP contribution in [0.15, 0.2) is 18.2 Å². The number of nitrogens with zero attached hydrogens (tertiary/aromatic N) is 1. The molecule has 1 heterocycles. The van der Waals surface area contributed by atoms with Crippen LogP contribution in [0.2, 0.25) is 0 Å². The zero-order chi connectivity index (χ0) is 20.5. The first-order valence-corrected chi connectivity index (χ1v) is 10.5. The number of thioether (sulfide) groups is 1. The molecule has 0 aliphatic carbocycles. The third-order valence-corrected chi connectivity index (χ3v) is 5.66. The number of amides is 3. The Kier molecular flexibility index (Phi) is 8.72. The van der Waals surface area contributed by atoms with E-state index in [1.165, 1.54) is 11.8 Å². The summed E-state index contributed by atoms with van der Waals surface area (Å²) in [4.78, 5) is 36.8. The Bertz CT molecular complexity index is 718. The number of nitrogens with one attached hydrogen (secondary N) is 2. The molecule has 1 saturated heterocycles. The summed E-state index contributed by atoms with van der Waals surface area (Å²) in [5.41, 5.74) is 6.64. The van der Waals surface area contributed by atoms with Crippen molar-refractivity contribution in [2.24, 2.45) is 0 Å². The third-order valence-electron chi connectivity index (χ3n) is 4.22. The largest absolute Gasteiger partial charge is 0.483 e. The van der Waals surface area contributed by atoms with Crippen LogP contribution in [0.25, 0.3) is 0 Å². The van der Waals surface area contributed by atoms with Crippen molar-refractivity contribution in [2.45, 2.75) is 39.5 Å². The molecular weight excluding hydrogens is 398 g/mol. The van der Waals surface area contributed by atoms with E-state index >= 15 is 0 Å². The van der Waals surface area contributed by atoms with E-state index < -0.39 is 5.91 Å². The van der Waals surface area contributed by atoms with E-state index in [9.17, 15) is 14.4 Å². The average Bonchev–Trinajstić information content (AvgIpc) is 2.97. The van der Waals surface area contributed by atoms with Crippen molar-refractivity contribution in [3.63, 3.8) is 0 Å². The Morgan fingerprint density at radius 2 is 1.82 bits per heavy atom. The van der Waals surface area contributed by atoms with Crippen LogP contribution in [-0.4, -0.2) is 45.8 Å². The standard InChI is InChI=1S/C19H25N3O4S2/c1-13-7-6-8-14(2)18(13)26-11-16(24)21-20-15(23)9-4-3-5-10-22-17(25)12-28-19(22)27/h6-8H,3-5,9-12H2,1-2H3,(H,20,23)(H,21,24). The summed E-state index contributed by atoms with van der Waals surface area (Å²) in [6.45, 7) is 4.24. The van der Waals surface area contributed by atoms with E-state index in [4.69, 9.17) is 17.0 Å². The fourth-order valence-electron chi connectivity index (χ4n) is 2.73. The molecule has 0 unspecified atom stereocenters. The number of ether oxygens (including phenoxy) is 1. The fourth-order valence-corrected chi connectivity index (χ4v) is 3.85. The number of thiocarbonyl (C=S) groups is 1. The quantitative estimate of drug-likeness (QED) is 0.360. The van der Waals surface area contributed by atoms with Crippen molar-refractivity contribution in [3.05, 3.63) is 29.3 Å². The normalized spacial score (nSPS) is 13.6. The topological polar surface area (TPSA) is 87.7 Å². The van der Waals surface area contributed by atoms with Gasteiger partial charge in [0.2, 0.25) is 11.8 Å². The number of para-hydroxylation sites is 1. The van der Waals surface area contributed by atoms with Gasteiger partial charge in [0.1, 0.15) is 10.1 Å². The minimum atomic E-state index is -0.422. The van der Waals surface area contributed by atoms with Crippen LogP contribution in [0.3, 0.4) is 0 Å². The molecular formula is C19H25N3O4S2. The monoisotopic (exact) mass is 423 g/mol. The number of rotatable bonds is 9. The second-order valence-electron chi connectivity index (χ2n) is 6.52. The SMILES string of the molecule is Cc1cccc(C)c1OCC(=O)NNC(=O)CCCCCN1C(=O)CSC1=S. The Hall–Kier alpha value is -2.13. The van der Waals surface area contributed by atoms with Gasteiger partial charge in [0, 0.05) is 13.0 Å². The number of hydrogen-bond acceptors (Lipinski definition) is 6. The molecule has 0 radical (unpaired) electrons. The maximum Gasteiger partial charge on any atom is 0.276 e. The van der Waals surface area contributed by atoms with Crippen LogP contribution >= 0.6 is 24.0 Å². The molecule has 3 amide bonds. The zero-order valence-corrected chi connectivity index (χ0v) is 17.7. The molecule has 1 fully saturated rings. The maximum absolute atomic E-state index is 11.8. The summed E-state index contributed by atoms with van der Waals surface area (Å²) < 4.78 is 6.17. The van der Waals surface area contributed by atoms with Crippen LogP contribution in [0.1, 0.15) is 36.8 Å². The Balaban J connectivity index is 1.56. The van der Waals surface area contributed by atoms with Crippen LogP contribution in [0.4, 0.5) is 0 Å². The predicted molar refractivity (Wildman–Crippen MR) is 113 cm³/mol. The van der Waals surface area contributed by atoms with Crippen molar-refractivity contribution >= 4 is 46.0 Å². The minimum Gasteiger partial charge on any atom is -0.483 e. The predicted octanol–water partition coefficient (Wildman–Crippen LogP) is 2.25. The average molecular weight is 424 g/mol. The summed E-state index contributed by atoms with van der Waals surface area (Å²) in [6.07, 6.45) is 2.55. The van der Waals surface area contributed by atoms with Gasteiger partial charge in [-0.05, 0) is 37.8 Å². The van der Waals surface area contributed by atoms with Gasteiger partial charge in [-0.2, -0.15) is 0 Å². The molecule has 0 spiro atoms. The van der Waals surface area contributed by atoms with Crippen LogP contribution in [0, 0.1) is 13.8 Å². The molecule has 2 rings (SSSR count). The van der Waals surface area contributed by atoms with E-state index in [1.807, 2.05) is 32.0 Å². The van der Waals surface area contributed by atoms with Gasteiger partial charge in [-0.15, -0.1) is 0 Å². The maximum atomic E-state index is 11.8. The Labute approximate surface area is 174 Å². The highest BCUT2D eigenvalue weighted by atomic mass is 32.2. The molecule has 7 nitrogen and oxygen atoms in total. The highest BCUT2D eigenvalue weighted by molar-refractivity contribution is 8.23. The van der Waals surface area contributed by atoms with Gasteiger partial charge in [-0.3, -0.25) is 30.1 Å². The molecule has 1 aliphatic rings. The molecule has 0 bridgehead atoms. The second kappa shape index (κ2) is 11.0. The Morgan fingerprint density at radius 1 is 1.14 bits per heavy atom. The summed E-state index contributed by atoms with van der Waals surface area (Å²) >= 11 is 6.50. The zero-order valence-electron chi connectivity index (χ0n) is 16.1. The Morgan fingerprint density at radius 3 is 2.46 bits per heavy atom. The first kappa shape index (κ1) is 22.2. The molecule has 9 heteroatoms. The first-order chi connectivity index (χ1) is 13.4. The van der Waals surface area contributed by atoms with Gasteiger partial charge in [-0.1, -0.05) is 48.6 Å². The van der Waals surface area contributed by atoms with Gasteiger partial charge in [0.05, 0.1) is 5.75 Å². The lowest BCUT2D eigenvalue weighted by Gasteiger charge is -2.14. The molecule has 0 aromatic heterocycles. The summed E-state index contributed by atoms with van der Waals surface area (Å²) in [5, 5.41) is 0. The number of carbonyl (C=O) groups excluding carboxylic acids is 3. The molecule has 28 heavy (non-hydrogen) atoms. The van der Waals surface area contributed by atoms with E-state index in [-0.39, 0.29) is 18.4 Å². The minimum absolute atomic E-state index is 0.0542. The fraction of sp³-hybridized carbons (Fsp3) is 0.474. The van der Waals surface area contributed by atoms with Gasteiger partial charge >= 0.3 is 0 Å². The van der Waals surface area contributed by atoms with E-state index in [0.29, 0.717) is 35.2 Å². The number of hydrogen-bond donors (Lipinski definition) is 2. The smallest absolute Gasteiger partial charge is 0.276 e. The van der Waals surface area contributed by atoms with E-state index in [1.54, 1.807) is 4.90 Å². The highest BCUT2D eigenvalue weighted by Gasteiger charge is 2.25. The number of benzene rings is 1. The molecule has 1 aromatic rings. The van der Waals surface area contributed by atoms with Crippen molar-refractivity contribution in [1.82, 2.24) is 15.8 Å². The van der Waals surface area contributed by atoms with Gasteiger partial charge in [0.15, 0.2) is 6.61 Å². The number of carbonyl (C=O) groups is 3. The van der Waals surface area contributed by atoms with E-state index in [0.717, 1.165) is 24.0 Å². The lowest BCUT2D eigenvalue weighted by atomic mass is 10.1. The van der Waals surface area contributed by atoms with Gasteiger partial charge in [0.25, 0.3) is 5.91 Å². The second-order valence-corrected chi connectivity index (χ2v) is 8.13. The number of hydrazine groups is 1. The summed E-state index contributed by atoms with van der Waals surface area (Å²) in [7, 11) is 0. The molecule has 0 atom stereocenters. The molecule has 2 N–H and O–H groups in total. The molecule has 0 saturated carbocycles. The van der Waals surface area contributed by atoms with Crippen molar-refractivity contribution < 1.29 is 19.1 Å². The van der Waals surface area contributed by atoms with Gasteiger partial charge < -0.3 is 4.74 Å². The summed E-state index contributed by atoms with van der Waals surface area (Å²) in [5.74, 6) is 0.476. The van der Waals surface area contributed by atoms with E-state index in [2.05, 4.69) is 10.9 Å². The lowest BCUT2D eigenvalue weighted by molar-refractivity contribution is -0.130. The first-order valence-electron chi connectivity index (χ1n) is 9.12. The van der Waals surface area contributed by atoms with Crippen molar-refractivity contribution in [2.75, 3.05) is 18.9 Å². The number of aryl methyl sites for hydroxylation is 2. The van der Waals surface area contributed by atoms with Crippen LogP contribution in [-0.2, 0) is 14.4 Å². The van der Waals surface area contributed by atoms with Crippen molar-refractivity contribution in [3.8, 4) is 5.75 Å². The number of unbranched alkanes of at least 4 members (excludes halogenated alkanes) is 2. The molecule has 1 aromatic carbocycles. The third kappa shape index (κ3) is 6.79.